The van der Waals surface area contributed by atoms with Crippen molar-refractivity contribution in [1.82, 2.24) is 9.55 Å². The number of nitrogens with zero attached hydrogens (tertiary/aromatic N) is 1. The number of nitrogens with one attached hydrogen (secondary N) is 1. The number of aromatic nitrogens is 2. The molecule has 0 spiro atoms. The first-order valence-corrected chi connectivity index (χ1v) is 5.47. The monoisotopic (exact) mass is 276 g/mol. The number of aliphatic hydroxyl groups excluding tert-OH is 2. The average molecular weight is 276 g/mol. The maximum atomic E-state index is 13.8. The summed E-state index contributed by atoms with van der Waals surface area (Å²) in [7, 11) is 1.22. The van der Waals surface area contributed by atoms with Crippen LogP contribution in [0.3, 0.4) is 0 Å². The number of ether oxygens (including phenoxy) is 2. The third kappa shape index (κ3) is 2.27. The van der Waals surface area contributed by atoms with Crippen LogP contribution >= 0.6 is 0 Å². The molecule has 9 heteroatoms. The highest BCUT2D eigenvalue weighted by atomic mass is 19.1. The van der Waals surface area contributed by atoms with Gasteiger partial charge in [-0.05, 0) is 0 Å². The molecule has 0 saturated carbocycles. The first-order valence-electron chi connectivity index (χ1n) is 5.47. The summed E-state index contributed by atoms with van der Waals surface area (Å²) in [4.78, 5) is 24.8. The molecule has 1 aliphatic heterocycles. The topological polar surface area (TPSA) is 114 Å². The van der Waals surface area contributed by atoms with Gasteiger partial charge < -0.3 is 19.7 Å². The van der Waals surface area contributed by atoms with Gasteiger partial charge in [0.1, 0.15) is 12.2 Å². The molecule has 8 nitrogen and oxygen atoms in total. The van der Waals surface area contributed by atoms with E-state index in [1.807, 2.05) is 4.98 Å². The number of hydrogen-bond donors (Lipinski definition) is 3. The van der Waals surface area contributed by atoms with Crippen molar-refractivity contribution in [3.63, 3.8) is 0 Å². The fourth-order valence-corrected chi connectivity index (χ4v) is 1.88. The van der Waals surface area contributed by atoms with Crippen LogP contribution in [-0.2, 0) is 4.74 Å². The molecule has 0 bridgehead atoms. The third-order valence-electron chi connectivity index (χ3n) is 2.90. The van der Waals surface area contributed by atoms with Crippen LogP contribution < -0.4 is 16.0 Å². The standard InChI is InChI=1S/C10H13FN2O6/c1-18-4-2-13(10(17)12-8(4)16)9-6(11)7(15)5(3-14)19-9/h2,5-7,9,14-15H,3H2,1H3,(H,12,16,17)/t5-,6+,7?,9-/m1/s1. The average Bonchev–Trinajstić information content (AvgIpc) is 2.67. The van der Waals surface area contributed by atoms with E-state index < -0.39 is 42.5 Å². The Bertz CT molecular complexity index is 570. The fraction of sp³-hybridized carbons (Fsp3) is 0.600. The Morgan fingerprint density at radius 3 is 2.79 bits per heavy atom. The van der Waals surface area contributed by atoms with Crippen LogP contribution in [0.2, 0.25) is 0 Å². The fourth-order valence-electron chi connectivity index (χ4n) is 1.88. The van der Waals surface area contributed by atoms with Gasteiger partial charge in [0.25, 0.3) is 5.56 Å². The minimum absolute atomic E-state index is 0.197. The highest BCUT2D eigenvalue weighted by Gasteiger charge is 2.45. The van der Waals surface area contributed by atoms with Crippen LogP contribution in [0.1, 0.15) is 6.23 Å². The van der Waals surface area contributed by atoms with Gasteiger partial charge in [0.2, 0.25) is 5.75 Å². The van der Waals surface area contributed by atoms with Crippen molar-refractivity contribution < 1.29 is 24.1 Å². The zero-order chi connectivity index (χ0) is 14.2. The summed E-state index contributed by atoms with van der Waals surface area (Å²) < 4.78 is 24.4. The van der Waals surface area contributed by atoms with Crippen LogP contribution in [-0.4, -0.2) is 51.9 Å². The number of methoxy groups -OCH3 is 1. The van der Waals surface area contributed by atoms with E-state index in [9.17, 15) is 19.1 Å². The lowest BCUT2D eigenvalue weighted by Gasteiger charge is -2.16. The van der Waals surface area contributed by atoms with Gasteiger partial charge in [0.15, 0.2) is 12.4 Å². The zero-order valence-corrected chi connectivity index (χ0v) is 9.95. The lowest BCUT2D eigenvalue weighted by Crippen LogP contribution is -2.36. The summed E-state index contributed by atoms with van der Waals surface area (Å²) in [5, 5.41) is 18.4. The van der Waals surface area contributed by atoms with Crippen molar-refractivity contribution >= 4 is 0 Å². The molecule has 19 heavy (non-hydrogen) atoms. The Morgan fingerprint density at radius 1 is 1.58 bits per heavy atom. The molecule has 2 rings (SSSR count). The van der Waals surface area contributed by atoms with Crippen molar-refractivity contribution in [2.24, 2.45) is 0 Å². The minimum Gasteiger partial charge on any atom is -0.490 e. The molecule has 0 aromatic carbocycles. The SMILES string of the molecule is COc1cn([C@@H]2O[C@H](CO)C(O)[C@@H]2F)c(=O)[nH]c1=O. The van der Waals surface area contributed by atoms with E-state index in [2.05, 4.69) is 0 Å². The van der Waals surface area contributed by atoms with Gasteiger partial charge in [-0.25, -0.2) is 9.18 Å². The van der Waals surface area contributed by atoms with Crippen LogP contribution in [0.5, 0.6) is 5.75 Å². The summed E-state index contributed by atoms with van der Waals surface area (Å²) >= 11 is 0. The number of aromatic amines is 1. The van der Waals surface area contributed by atoms with Gasteiger partial charge in [-0.1, -0.05) is 0 Å². The molecular weight excluding hydrogens is 263 g/mol. The van der Waals surface area contributed by atoms with E-state index >= 15 is 0 Å². The maximum Gasteiger partial charge on any atom is 0.330 e. The third-order valence-corrected chi connectivity index (χ3v) is 2.90. The van der Waals surface area contributed by atoms with Crippen molar-refractivity contribution in [3.05, 3.63) is 27.0 Å². The van der Waals surface area contributed by atoms with Crippen LogP contribution in [0.25, 0.3) is 0 Å². The van der Waals surface area contributed by atoms with Crippen LogP contribution in [0.4, 0.5) is 4.39 Å². The number of H-pyrrole nitrogens is 1. The molecular formula is C10H13FN2O6. The molecule has 0 amide bonds. The van der Waals surface area contributed by atoms with Crippen molar-refractivity contribution in [3.8, 4) is 5.75 Å². The molecule has 106 valence electrons. The number of rotatable bonds is 3. The minimum atomic E-state index is -1.91. The quantitative estimate of drug-likeness (QED) is 0.596. The second kappa shape index (κ2) is 5.11. The van der Waals surface area contributed by atoms with Crippen LogP contribution in [0.15, 0.2) is 15.8 Å². The highest BCUT2D eigenvalue weighted by Crippen LogP contribution is 2.30. The van der Waals surface area contributed by atoms with Gasteiger partial charge in [-0.15, -0.1) is 0 Å². The predicted octanol–water partition coefficient (Wildman–Crippen LogP) is -1.87. The molecule has 3 N–H and O–H groups in total. The molecule has 0 aliphatic carbocycles. The highest BCUT2D eigenvalue weighted by molar-refractivity contribution is 5.12. The van der Waals surface area contributed by atoms with Crippen LogP contribution in [0, 0.1) is 0 Å². The van der Waals surface area contributed by atoms with E-state index in [-0.39, 0.29) is 5.75 Å². The van der Waals surface area contributed by atoms with Crippen molar-refractivity contribution in [2.45, 2.75) is 24.6 Å². The Kier molecular flexibility index (Phi) is 3.69. The summed E-state index contributed by atoms with van der Waals surface area (Å²) in [6.45, 7) is -0.590. The van der Waals surface area contributed by atoms with E-state index in [0.717, 1.165) is 10.8 Å². The van der Waals surface area contributed by atoms with Gasteiger partial charge in [0.05, 0.1) is 19.9 Å². The molecule has 1 aromatic heterocycles. The molecule has 1 saturated heterocycles. The molecule has 1 fully saturated rings. The first kappa shape index (κ1) is 13.7. The van der Waals surface area contributed by atoms with E-state index in [1.165, 1.54) is 7.11 Å². The van der Waals surface area contributed by atoms with Gasteiger partial charge in [0, 0.05) is 0 Å². The number of halogens is 1. The summed E-state index contributed by atoms with van der Waals surface area (Å²) in [6, 6.07) is 0. The van der Waals surface area contributed by atoms with Gasteiger partial charge >= 0.3 is 5.69 Å². The molecule has 2 heterocycles. The molecule has 4 atom stereocenters. The van der Waals surface area contributed by atoms with Crippen molar-refractivity contribution in [2.75, 3.05) is 13.7 Å². The normalized spacial score (nSPS) is 30.5. The van der Waals surface area contributed by atoms with E-state index in [4.69, 9.17) is 14.6 Å². The van der Waals surface area contributed by atoms with E-state index in [1.54, 1.807) is 0 Å². The lowest BCUT2D eigenvalue weighted by molar-refractivity contribution is -0.0493. The Labute approximate surface area is 106 Å². The second-order valence-electron chi connectivity index (χ2n) is 4.05. The second-order valence-corrected chi connectivity index (χ2v) is 4.05. The summed E-state index contributed by atoms with van der Waals surface area (Å²) in [5.41, 5.74) is -1.65. The Hall–Kier alpha value is -1.71. The Balaban J connectivity index is 2.43. The summed E-state index contributed by atoms with van der Waals surface area (Å²) in [6.07, 6.45) is -5.05. The molecule has 1 unspecified atom stereocenters. The lowest BCUT2D eigenvalue weighted by atomic mass is 10.1. The first-order chi connectivity index (χ1) is 8.99. The van der Waals surface area contributed by atoms with Gasteiger partial charge in [-0.3, -0.25) is 14.3 Å². The number of alkyl halides is 1. The van der Waals surface area contributed by atoms with Crippen molar-refractivity contribution in [1.29, 1.82) is 0 Å². The van der Waals surface area contributed by atoms with Gasteiger partial charge in [-0.2, -0.15) is 0 Å². The number of aliphatic hydroxyl groups is 2. The molecule has 1 aromatic rings. The smallest absolute Gasteiger partial charge is 0.330 e. The van der Waals surface area contributed by atoms with E-state index in [0.29, 0.717) is 0 Å². The summed E-state index contributed by atoms with van der Waals surface area (Å²) in [5.74, 6) is -0.197. The predicted molar refractivity (Wildman–Crippen MR) is 59.8 cm³/mol. The Morgan fingerprint density at radius 2 is 2.26 bits per heavy atom. The maximum absolute atomic E-state index is 13.8. The molecule has 0 radical (unpaired) electrons. The molecule has 1 aliphatic rings. The number of hydrogen-bond acceptors (Lipinski definition) is 6. The zero-order valence-electron chi connectivity index (χ0n) is 9.95. The largest absolute Gasteiger partial charge is 0.490 e.